The summed E-state index contributed by atoms with van der Waals surface area (Å²) in [5.41, 5.74) is 0. The highest BCUT2D eigenvalue weighted by molar-refractivity contribution is 5.69. The van der Waals surface area contributed by atoms with Gasteiger partial charge in [0.05, 0.1) is 12.5 Å². The van der Waals surface area contributed by atoms with Crippen LogP contribution in [0.2, 0.25) is 0 Å². The van der Waals surface area contributed by atoms with Crippen molar-refractivity contribution < 1.29 is 19.4 Å². The number of ether oxygens (including phenoxy) is 1. The number of carbonyl (C=O) groups is 2. The number of hydrogen-bond acceptors (Lipinski definition) is 3. The molecular formula is C48H96O4. The number of aliphatic carboxylic acids is 1. The summed E-state index contributed by atoms with van der Waals surface area (Å²) in [6, 6.07) is 0. The normalized spacial score (nSPS) is 11.7. The Morgan fingerprint density at radius 1 is 0.365 bits per heavy atom. The average molecular weight is 737 g/mol. The lowest BCUT2D eigenvalue weighted by Gasteiger charge is -2.12. The molecule has 1 unspecified atom stereocenters. The third kappa shape index (κ3) is 47.0. The van der Waals surface area contributed by atoms with Gasteiger partial charge in [-0.15, -0.1) is 0 Å². The van der Waals surface area contributed by atoms with Gasteiger partial charge >= 0.3 is 11.9 Å². The molecule has 0 rings (SSSR count). The average Bonchev–Trinajstić information content (AvgIpc) is 3.14. The molecule has 0 amide bonds. The SMILES string of the molecule is CCCCCCCCCCCCCCC(CCCCCC)C(=O)O.CCCCCCCCCCCCCCCC(=O)OCCCCCCCCCC. The summed E-state index contributed by atoms with van der Waals surface area (Å²) < 4.78 is 5.36. The molecule has 0 aliphatic heterocycles. The predicted molar refractivity (Wildman–Crippen MR) is 229 cm³/mol. The minimum atomic E-state index is -0.574. The third-order valence-corrected chi connectivity index (χ3v) is 10.9. The number of unbranched alkanes of at least 4 members (excludes halogenated alkanes) is 33. The Bertz CT molecular complexity index is 677. The maximum atomic E-state index is 11.7. The second-order valence-corrected chi connectivity index (χ2v) is 16.3. The summed E-state index contributed by atoms with van der Waals surface area (Å²) in [6.07, 6.45) is 51.0. The molecule has 0 spiro atoms. The van der Waals surface area contributed by atoms with E-state index in [0.29, 0.717) is 13.0 Å². The van der Waals surface area contributed by atoms with Crippen molar-refractivity contribution in [2.45, 2.75) is 285 Å². The Hall–Kier alpha value is -1.06. The first-order valence-electron chi connectivity index (χ1n) is 23.9. The molecule has 4 nitrogen and oxygen atoms in total. The summed E-state index contributed by atoms with van der Waals surface area (Å²) in [5.74, 6) is -0.648. The van der Waals surface area contributed by atoms with Crippen molar-refractivity contribution in [1.29, 1.82) is 0 Å². The van der Waals surface area contributed by atoms with Crippen molar-refractivity contribution in [3.8, 4) is 0 Å². The van der Waals surface area contributed by atoms with Crippen LogP contribution in [0.5, 0.6) is 0 Å². The van der Waals surface area contributed by atoms with E-state index in [9.17, 15) is 14.7 Å². The van der Waals surface area contributed by atoms with Crippen molar-refractivity contribution in [2.75, 3.05) is 6.61 Å². The third-order valence-electron chi connectivity index (χ3n) is 10.9. The highest BCUT2D eigenvalue weighted by atomic mass is 16.5. The Kier molecular flexibility index (Phi) is 48.9. The second-order valence-electron chi connectivity index (χ2n) is 16.3. The number of carbonyl (C=O) groups excluding carboxylic acids is 1. The molecule has 0 aliphatic rings. The summed E-state index contributed by atoms with van der Waals surface area (Å²) in [6.45, 7) is 9.63. The zero-order valence-electron chi connectivity index (χ0n) is 36.2. The summed E-state index contributed by atoms with van der Waals surface area (Å²) in [7, 11) is 0. The lowest BCUT2D eigenvalue weighted by atomic mass is 9.94. The van der Waals surface area contributed by atoms with Crippen LogP contribution in [0, 0.1) is 5.92 Å². The van der Waals surface area contributed by atoms with Crippen LogP contribution in [-0.4, -0.2) is 23.7 Å². The topological polar surface area (TPSA) is 63.6 Å². The molecule has 0 saturated heterocycles. The summed E-state index contributed by atoms with van der Waals surface area (Å²) in [5, 5.41) is 9.31. The molecule has 52 heavy (non-hydrogen) atoms. The van der Waals surface area contributed by atoms with E-state index in [-0.39, 0.29) is 11.9 Å². The smallest absolute Gasteiger partial charge is 0.306 e. The molecule has 0 bridgehead atoms. The van der Waals surface area contributed by atoms with Gasteiger partial charge in [0.2, 0.25) is 0 Å². The first-order chi connectivity index (χ1) is 25.5. The fourth-order valence-electron chi connectivity index (χ4n) is 7.22. The predicted octanol–water partition coefficient (Wildman–Crippen LogP) is 16.9. The fraction of sp³-hybridized carbons (Fsp3) is 0.958. The molecule has 0 heterocycles. The highest BCUT2D eigenvalue weighted by Crippen LogP contribution is 2.20. The van der Waals surface area contributed by atoms with Crippen molar-refractivity contribution in [1.82, 2.24) is 0 Å². The molecule has 0 aromatic carbocycles. The van der Waals surface area contributed by atoms with Crippen molar-refractivity contribution >= 4 is 11.9 Å². The van der Waals surface area contributed by atoms with Gasteiger partial charge in [-0.05, 0) is 25.7 Å². The van der Waals surface area contributed by atoms with Gasteiger partial charge in [0.1, 0.15) is 0 Å². The van der Waals surface area contributed by atoms with E-state index < -0.39 is 5.97 Å². The van der Waals surface area contributed by atoms with Crippen LogP contribution in [0.25, 0.3) is 0 Å². The van der Waals surface area contributed by atoms with Crippen LogP contribution in [0.15, 0.2) is 0 Å². The van der Waals surface area contributed by atoms with Crippen LogP contribution >= 0.6 is 0 Å². The van der Waals surface area contributed by atoms with Gasteiger partial charge < -0.3 is 9.84 Å². The summed E-state index contributed by atoms with van der Waals surface area (Å²) in [4.78, 5) is 23.0. The molecule has 4 heteroatoms. The lowest BCUT2D eigenvalue weighted by Crippen LogP contribution is -2.13. The molecule has 312 valence electrons. The quantitative estimate of drug-likeness (QED) is 0.0501. The van der Waals surface area contributed by atoms with E-state index in [4.69, 9.17) is 4.74 Å². The molecule has 1 N–H and O–H groups in total. The van der Waals surface area contributed by atoms with E-state index in [1.165, 1.54) is 212 Å². The number of carboxylic acid groups (broad SMARTS) is 1. The van der Waals surface area contributed by atoms with Gasteiger partial charge in [-0.25, -0.2) is 0 Å². The Morgan fingerprint density at radius 3 is 0.923 bits per heavy atom. The van der Waals surface area contributed by atoms with E-state index in [0.717, 1.165) is 38.5 Å². The summed E-state index contributed by atoms with van der Waals surface area (Å²) >= 11 is 0. The largest absolute Gasteiger partial charge is 0.481 e. The van der Waals surface area contributed by atoms with Crippen LogP contribution in [0.1, 0.15) is 285 Å². The molecule has 0 aromatic heterocycles. The van der Waals surface area contributed by atoms with Crippen molar-refractivity contribution in [3.05, 3.63) is 0 Å². The minimum Gasteiger partial charge on any atom is -0.481 e. The minimum absolute atomic E-state index is 0.0195. The Labute approximate surface area is 327 Å². The van der Waals surface area contributed by atoms with Crippen LogP contribution in [0.3, 0.4) is 0 Å². The standard InChI is InChI=1S/C26H52O2.C22H44O2/c1-3-5-7-9-11-13-14-15-16-17-18-20-22-24-26(27)28-25-23-21-19-12-10-8-6-4-2;1-3-5-7-9-10-11-12-13-14-15-16-18-20-21(22(23)24)19-17-8-6-4-2/h3-25H2,1-2H3;21H,3-20H2,1-2H3,(H,23,24). The zero-order valence-corrected chi connectivity index (χ0v) is 36.2. The van der Waals surface area contributed by atoms with Crippen molar-refractivity contribution in [3.63, 3.8) is 0 Å². The van der Waals surface area contributed by atoms with Gasteiger partial charge in [-0.3, -0.25) is 9.59 Å². The molecular weight excluding hydrogens is 641 g/mol. The number of hydrogen-bond donors (Lipinski definition) is 1. The highest BCUT2D eigenvalue weighted by Gasteiger charge is 2.16. The molecule has 0 radical (unpaired) electrons. The fourth-order valence-corrected chi connectivity index (χ4v) is 7.22. The van der Waals surface area contributed by atoms with Gasteiger partial charge in [0.25, 0.3) is 0 Å². The molecule has 0 aromatic rings. The molecule has 0 saturated carbocycles. The number of carboxylic acids is 1. The first-order valence-corrected chi connectivity index (χ1v) is 23.9. The maximum absolute atomic E-state index is 11.7. The van der Waals surface area contributed by atoms with Crippen LogP contribution < -0.4 is 0 Å². The molecule has 0 aliphatic carbocycles. The van der Waals surface area contributed by atoms with Crippen LogP contribution in [-0.2, 0) is 14.3 Å². The monoisotopic (exact) mass is 737 g/mol. The number of rotatable bonds is 42. The zero-order chi connectivity index (χ0) is 38.4. The van der Waals surface area contributed by atoms with Crippen molar-refractivity contribution in [2.24, 2.45) is 5.92 Å². The second kappa shape index (κ2) is 48.0. The molecule has 0 fully saturated rings. The van der Waals surface area contributed by atoms with Crippen LogP contribution in [0.4, 0.5) is 0 Å². The van der Waals surface area contributed by atoms with E-state index in [2.05, 4.69) is 27.7 Å². The van der Waals surface area contributed by atoms with Gasteiger partial charge in [0, 0.05) is 6.42 Å². The Morgan fingerprint density at radius 2 is 0.615 bits per heavy atom. The van der Waals surface area contributed by atoms with Gasteiger partial charge in [0.15, 0.2) is 0 Å². The van der Waals surface area contributed by atoms with Gasteiger partial charge in [-0.1, -0.05) is 252 Å². The van der Waals surface area contributed by atoms with E-state index in [1.54, 1.807) is 0 Å². The van der Waals surface area contributed by atoms with Gasteiger partial charge in [-0.2, -0.15) is 0 Å². The number of esters is 1. The Balaban J connectivity index is 0. The maximum Gasteiger partial charge on any atom is 0.306 e. The van der Waals surface area contributed by atoms with E-state index >= 15 is 0 Å². The molecule has 1 atom stereocenters. The lowest BCUT2D eigenvalue weighted by molar-refractivity contribution is -0.144. The van der Waals surface area contributed by atoms with E-state index in [1.807, 2.05) is 0 Å². The first kappa shape index (κ1) is 53.0.